The van der Waals surface area contributed by atoms with Crippen molar-refractivity contribution < 1.29 is 101 Å². The van der Waals surface area contributed by atoms with E-state index in [-0.39, 0.29) is 65.6 Å². The lowest BCUT2D eigenvalue weighted by Crippen LogP contribution is -2.82. The summed E-state index contributed by atoms with van der Waals surface area (Å²) >= 11 is 0. The Bertz CT molecular complexity index is 4180. The van der Waals surface area contributed by atoms with E-state index in [9.17, 15) is 63.0 Å². The number of amides is 6. The fraction of sp³-hybridized carbons (Fsp3) is 0.425. The maximum Gasteiger partial charge on any atom is 0.508 e. The van der Waals surface area contributed by atoms with Gasteiger partial charge in [0.1, 0.15) is 48.7 Å². The first kappa shape index (κ1) is 78.8. The third-order valence-corrected chi connectivity index (χ3v) is 21.0. The quantitative estimate of drug-likeness (QED) is 0.00811. The van der Waals surface area contributed by atoms with Crippen molar-refractivity contribution in [3.05, 3.63) is 197 Å². The number of fused-ring (bicyclic) bond motifs is 5. The maximum absolute atomic E-state index is 16.6. The van der Waals surface area contributed by atoms with Crippen LogP contribution in [0, 0.1) is 16.7 Å². The maximum atomic E-state index is 16.6. The zero-order valence-electron chi connectivity index (χ0n) is 60.4. The Morgan fingerprint density at radius 3 is 1.91 bits per heavy atom. The summed E-state index contributed by atoms with van der Waals surface area (Å²) in [4.78, 5) is 169. The first-order chi connectivity index (χ1) is 51.1. The summed E-state index contributed by atoms with van der Waals surface area (Å²) in [5.74, 6) is -10.1. The normalized spacial score (nSPS) is 24.3. The second kappa shape index (κ2) is 34.2. The number of hydrogen-bond acceptors (Lipinski definition) is 22. The number of anilines is 1. The summed E-state index contributed by atoms with van der Waals surface area (Å²) in [5, 5.41) is 37.6. The Kier molecular flexibility index (Phi) is 25.2. The summed E-state index contributed by atoms with van der Waals surface area (Å²) < 4.78 is 43.4. The summed E-state index contributed by atoms with van der Waals surface area (Å²) in [6.45, 7) is 7.58. The van der Waals surface area contributed by atoms with Crippen molar-refractivity contribution in [2.24, 2.45) is 22.5 Å². The number of nitrogens with one attached hydrogen (secondary N) is 4. The second-order valence-corrected chi connectivity index (χ2v) is 28.3. The van der Waals surface area contributed by atoms with E-state index in [4.69, 9.17) is 38.9 Å². The van der Waals surface area contributed by atoms with Gasteiger partial charge in [-0.25, -0.2) is 14.4 Å². The van der Waals surface area contributed by atoms with E-state index in [0.29, 0.717) is 49.8 Å². The SMILES string of the molecule is CC(=O)O[C@H]1C(=O)[C@@]2(C)C(C(OC(=O)c3ccccc3)[C@]3(O)CC(OC(=O)C(O)C(NC(=O)c4ccccc4)c4ccccc4)C(C)=C1C3(C)C)C1(OC(C)=O)COC1C[C@@H]2OC(=O)OCc1ccc(NC(=O)[C@H](CCCCN)NC(=O)C(Cc2ccccc2)NC(=O)CCCCCN2C(=O)C=CC2=O)cc1. The van der Waals surface area contributed by atoms with Crippen molar-refractivity contribution in [3.63, 3.8) is 0 Å². The minimum Gasteiger partial charge on any atom is -0.456 e. The Morgan fingerprint density at radius 2 is 1.30 bits per heavy atom. The molecular weight excluding hydrogens is 1380 g/mol. The number of nitrogens with two attached hydrogens (primary N) is 1. The fourth-order valence-electron chi connectivity index (χ4n) is 15.3. The Hall–Kier alpha value is -10.7. The van der Waals surface area contributed by atoms with E-state index in [0.717, 1.165) is 24.3 Å². The number of rotatable bonds is 30. The Morgan fingerprint density at radius 1 is 0.673 bits per heavy atom. The highest BCUT2D eigenvalue weighted by Crippen LogP contribution is 2.65. The average Bonchev–Trinajstić information content (AvgIpc) is 0.888. The van der Waals surface area contributed by atoms with Crippen molar-refractivity contribution in [1.82, 2.24) is 20.9 Å². The van der Waals surface area contributed by atoms with Crippen LogP contribution in [-0.2, 0) is 89.3 Å². The van der Waals surface area contributed by atoms with Gasteiger partial charge >= 0.3 is 30.0 Å². The van der Waals surface area contributed by atoms with Crippen LogP contribution in [0.5, 0.6) is 0 Å². The molecule has 5 aromatic carbocycles. The number of aliphatic hydroxyl groups is 2. The van der Waals surface area contributed by atoms with E-state index in [2.05, 4.69) is 21.3 Å². The largest absolute Gasteiger partial charge is 0.508 e. The minimum atomic E-state index is -2.59. The van der Waals surface area contributed by atoms with Crippen LogP contribution in [-0.4, -0.2) is 166 Å². The van der Waals surface area contributed by atoms with Crippen molar-refractivity contribution in [2.75, 3.05) is 25.0 Å². The van der Waals surface area contributed by atoms with Crippen LogP contribution < -0.4 is 27.0 Å². The highest BCUT2D eigenvalue weighted by atomic mass is 16.7. The molecule has 13 atom stereocenters. The molecule has 8 N–H and O–H groups in total. The lowest BCUT2D eigenvalue weighted by molar-refractivity contribution is -0.346. The topological polar surface area (TPSA) is 387 Å². The summed E-state index contributed by atoms with van der Waals surface area (Å²) in [6, 6.07) is 35.3. The molecule has 1 saturated heterocycles. The fourth-order valence-corrected chi connectivity index (χ4v) is 15.3. The molecule has 3 fully saturated rings. The van der Waals surface area contributed by atoms with Gasteiger partial charge in [-0.15, -0.1) is 0 Å². The first-order valence-electron chi connectivity index (χ1n) is 35.7. The van der Waals surface area contributed by atoms with Crippen LogP contribution in [0.2, 0.25) is 0 Å². The van der Waals surface area contributed by atoms with Crippen LogP contribution in [0.25, 0.3) is 0 Å². The number of nitrogens with zero attached hydrogens (tertiary/aromatic N) is 1. The highest BCUT2D eigenvalue weighted by Gasteiger charge is 2.79. The van der Waals surface area contributed by atoms with E-state index >= 15 is 4.79 Å². The molecular formula is C80H90N6O21. The molecule has 2 aliphatic heterocycles. The van der Waals surface area contributed by atoms with Gasteiger partial charge in [0.15, 0.2) is 23.6 Å². The summed E-state index contributed by atoms with van der Waals surface area (Å²) in [7, 11) is 0. The molecule has 0 radical (unpaired) electrons. The van der Waals surface area contributed by atoms with Gasteiger partial charge < -0.3 is 70.4 Å². The molecule has 6 amide bonds. The molecule has 8 unspecified atom stereocenters. The molecule has 3 aliphatic carbocycles. The van der Waals surface area contributed by atoms with Gasteiger partial charge in [-0.1, -0.05) is 129 Å². The van der Waals surface area contributed by atoms with Gasteiger partial charge in [-0.05, 0) is 117 Å². The monoisotopic (exact) mass is 1470 g/mol. The standard InChI is InChI=1S/C80H90N6O21/c1-47-58(104-75(98)66(92)65(52-26-14-8-15-27-52)85-71(94)53-28-16-9-17-29-53)44-80(100)70(106-74(97)54-30-18-10-19-31-54)68-78(6,69(93)67(103-48(2)87)64(47)77(80,4)5)59(43-60-79(68,46-102-60)107-49(3)88)105-76(99)101-45-51-34-36-55(37-35-51)82-72(95)56(32-21-22-40-81)84-73(96)57(42-50-24-12-7-13-25-50)83-61(89)33-20-11-23-41-86-62(90)38-39-63(86)91/h7-10,12-19,24-31,34-39,56-60,65-68,70,92,100H,11,20-23,32-33,40-46,81H2,1-6H3,(H,82,95)(H,83,89)(H,84,96)(H,85,94)/t56-,57?,58?,59-,60?,65?,66?,67+,68?,70?,78+,79?,80+/m0/s1. The number of carbonyl (C=O) groups is 12. The number of imide groups is 1. The molecule has 27 heteroatoms. The van der Waals surface area contributed by atoms with Gasteiger partial charge in [0, 0.05) is 74.9 Å². The van der Waals surface area contributed by atoms with Crippen molar-refractivity contribution in [3.8, 4) is 0 Å². The molecule has 0 spiro atoms. The molecule has 2 bridgehead atoms. The lowest BCUT2D eigenvalue weighted by Gasteiger charge is -2.67. The zero-order valence-corrected chi connectivity index (χ0v) is 60.4. The minimum absolute atomic E-state index is 0.0291. The van der Waals surface area contributed by atoms with Gasteiger partial charge in [0.2, 0.25) is 17.7 Å². The molecule has 5 aliphatic rings. The van der Waals surface area contributed by atoms with Crippen LogP contribution in [0.4, 0.5) is 10.5 Å². The third kappa shape index (κ3) is 17.6. The van der Waals surface area contributed by atoms with E-state index in [1.807, 2.05) is 6.07 Å². The van der Waals surface area contributed by atoms with E-state index < -0.39 is 168 Å². The number of hydrogen-bond donors (Lipinski definition) is 7. The Labute approximate surface area is 618 Å². The number of ether oxygens (including phenoxy) is 7. The molecule has 10 rings (SSSR count). The van der Waals surface area contributed by atoms with Gasteiger partial charge in [0.25, 0.3) is 17.7 Å². The molecule has 0 aromatic heterocycles. The van der Waals surface area contributed by atoms with Crippen LogP contribution >= 0.6 is 0 Å². The number of esters is 4. The van der Waals surface area contributed by atoms with Crippen molar-refractivity contribution in [2.45, 2.75) is 178 Å². The number of ketones is 1. The third-order valence-electron chi connectivity index (χ3n) is 21.0. The Balaban J connectivity index is 0.901. The predicted molar refractivity (Wildman–Crippen MR) is 383 cm³/mol. The highest BCUT2D eigenvalue weighted by molar-refractivity contribution is 6.13. The average molecular weight is 1470 g/mol. The van der Waals surface area contributed by atoms with E-state index in [1.54, 1.807) is 91.0 Å². The summed E-state index contributed by atoms with van der Waals surface area (Å²) in [5.41, 5.74) is -1.14. The molecule has 27 nitrogen and oxygen atoms in total. The molecule has 5 aromatic rings. The molecule has 107 heavy (non-hydrogen) atoms. The zero-order chi connectivity index (χ0) is 77.0. The lowest BCUT2D eigenvalue weighted by atomic mass is 9.44. The predicted octanol–water partition coefficient (Wildman–Crippen LogP) is 6.86. The second-order valence-electron chi connectivity index (χ2n) is 28.3. The smallest absolute Gasteiger partial charge is 0.456 e. The molecule has 2 saturated carbocycles. The molecule has 566 valence electrons. The molecule has 2 heterocycles. The van der Waals surface area contributed by atoms with Crippen LogP contribution in [0.3, 0.4) is 0 Å². The van der Waals surface area contributed by atoms with Gasteiger partial charge in [-0.2, -0.15) is 0 Å². The van der Waals surface area contributed by atoms with Gasteiger partial charge in [0.05, 0.1) is 29.5 Å². The number of unbranched alkanes of at least 4 members (excludes halogenated alkanes) is 3. The van der Waals surface area contributed by atoms with Crippen molar-refractivity contribution >= 4 is 76.9 Å². The number of benzene rings is 5. The summed E-state index contributed by atoms with van der Waals surface area (Å²) in [6.07, 6.45) is -8.08. The van der Waals surface area contributed by atoms with Crippen LogP contribution in [0.1, 0.15) is 143 Å². The number of aliphatic hydroxyl groups excluding tert-OH is 1. The van der Waals surface area contributed by atoms with Gasteiger partial charge in [-0.3, -0.25) is 48.1 Å². The van der Waals surface area contributed by atoms with Crippen LogP contribution in [0.15, 0.2) is 169 Å². The van der Waals surface area contributed by atoms with Crippen molar-refractivity contribution in [1.29, 1.82) is 0 Å². The number of Topliss-reactive ketones (excluding diaryl/α,β-unsaturated/α-hetero) is 1. The number of carbonyl (C=O) groups excluding carboxylic acids is 12. The first-order valence-corrected chi connectivity index (χ1v) is 35.7. The van der Waals surface area contributed by atoms with E-state index in [1.165, 1.54) is 88.4 Å².